The van der Waals surface area contributed by atoms with E-state index in [0.717, 1.165) is 34.6 Å². The Morgan fingerprint density at radius 2 is 2.00 bits per heavy atom. The molecule has 1 amide bonds. The monoisotopic (exact) mass is 363 g/mol. The van der Waals surface area contributed by atoms with Crippen LogP contribution in [0, 0.1) is 0 Å². The fourth-order valence-corrected chi connectivity index (χ4v) is 3.66. The second-order valence-corrected chi connectivity index (χ2v) is 6.59. The number of aromatic nitrogens is 2. The highest BCUT2D eigenvalue weighted by molar-refractivity contribution is 6.00. The Hall–Kier alpha value is -3.28. The van der Waals surface area contributed by atoms with E-state index in [9.17, 15) is 9.90 Å². The fraction of sp³-hybridized carbons (Fsp3) is 0.238. The van der Waals surface area contributed by atoms with Gasteiger partial charge in [-0.25, -0.2) is 0 Å². The van der Waals surface area contributed by atoms with Crippen LogP contribution < -0.4 is 4.74 Å². The maximum atomic E-state index is 13.0. The molecule has 2 N–H and O–H groups in total. The topological polar surface area (TPSA) is 78.5 Å². The van der Waals surface area contributed by atoms with Crippen LogP contribution in [-0.4, -0.2) is 39.8 Å². The van der Waals surface area contributed by atoms with Gasteiger partial charge >= 0.3 is 0 Å². The molecule has 6 heteroatoms. The molecule has 0 fully saturated rings. The molecule has 0 unspecified atom stereocenters. The number of nitrogens with one attached hydrogen (secondary N) is 1. The Bertz CT molecular complexity index is 979. The first kappa shape index (κ1) is 17.1. The Morgan fingerprint density at radius 1 is 1.22 bits per heavy atom. The summed E-state index contributed by atoms with van der Waals surface area (Å²) in [5.74, 6) is 0.886. The van der Waals surface area contributed by atoms with E-state index in [1.54, 1.807) is 19.2 Å². The van der Waals surface area contributed by atoms with Crippen LogP contribution in [0.1, 0.15) is 41.0 Å². The smallest absolute Gasteiger partial charge is 0.273 e. The number of aromatic amines is 1. The predicted octanol–water partition coefficient (Wildman–Crippen LogP) is 3.75. The number of methoxy groups -OCH3 is 1. The van der Waals surface area contributed by atoms with Gasteiger partial charge < -0.3 is 14.7 Å². The van der Waals surface area contributed by atoms with Crippen LogP contribution in [0.2, 0.25) is 0 Å². The van der Waals surface area contributed by atoms with Gasteiger partial charge in [0.15, 0.2) is 0 Å². The number of benzene rings is 2. The van der Waals surface area contributed by atoms with Crippen LogP contribution in [0.15, 0.2) is 48.5 Å². The summed E-state index contributed by atoms with van der Waals surface area (Å²) in [6, 6.07) is 14.4. The van der Waals surface area contributed by atoms with Gasteiger partial charge in [0, 0.05) is 17.7 Å². The highest BCUT2D eigenvalue weighted by Crippen LogP contribution is 2.43. The van der Waals surface area contributed by atoms with Crippen molar-refractivity contribution in [2.75, 3.05) is 13.7 Å². The lowest BCUT2D eigenvalue weighted by molar-refractivity contribution is 0.0744. The molecule has 0 bridgehead atoms. The number of H-pyrrole nitrogens is 1. The summed E-state index contributed by atoms with van der Waals surface area (Å²) in [5, 5.41) is 17.0. The van der Waals surface area contributed by atoms with E-state index < -0.39 is 0 Å². The highest BCUT2D eigenvalue weighted by atomic mass is 16.5. The quantitative estimate of drug-likeness (QED) is 0.724. The molecule has 3 aromatic rings. The minimum absolute atomic E-state index is 0.0495. The fourth-order valence-electron chi connectivity index (χ4n) is 3.66. The molecule has 4 rings (SSSR count). The van der Waals surface area contributed by atoms with Crippen molar-refractivity contribution in [2.24, 2.45) is 0 Å². The van der Waals surface area contributed by atoms with Crippen LogP contribution in [0.3, 0.4) is 0 Å². The minimum Gasteiger partial charge on any atom is -0.508 e. The molecule has 2 aromatic carbocycles. The number of aromatic hydroxyl groups is 1. The lowest BCUT2D eigenvalue weighted by Crippen LogP contribution is -2.30. The molecule has 0 saturated carbocycles. The zero-order chi connectivity index (χ0) is 19.0. The van der Waals surface area contributed by atoms with Crippen LogP contribution in [-0.2, 0) is 0 Å². The molecule has 1 aliphatic rings. The molecule has 138 valence electrons. The number of amides is 1. The van der Waals surface area contributed by atoms with E-state index in [1.807, 2.05) is 41.3 Å². The molecule has 1 aromatic heterocycles. The molecular formula is C21H21N3O3. The second-order valence-electron chi connectivity index (χ2n) is 6.59. The van der Waals surface area contributed by atoms with Crippen LogP contribution in [0.4, 0.5) is 0 Å². The first-order valence-electron chi connectivity index (χ1n) is 8.96. The van der Waals surface area contributed by atoms with E-state index >= 15 is 0 Å². The molecule has 0 saturated heterocycles. The number of fused-ring (bicyclic) bond motifs is 1. The average molecular weight is 363 g/mol. The van der Waals surface area contributed by atoms with E-state index in [2.05, 4.69) is 17.1 Å². The molecule has 6 nitrogen and oxygen atoms in total. The number of hydrogen-bond acceptors (Lipinski definition) is 4. The van der Waals surface area contributed by atoms with Crippen LogP contribution >= 0.6 is 0 Å². The molecule has 1 atom stereocenters. The third-order valence-corrected chi connectivity index (χ3v) is 4.88. The summed E-state index contributed by atoms with van der Waals surface area (Å²) in [5.41, 5.74) is 3.97. The number of ether oxygens (including phenoxy) is 1. The summed E-state index contributed by atoms with van der Waals surface area (Å²) < 4.78 is 5.33. The minimum atomic E-state index is -0.243. The van der Waals surface area contributed by atoms with Crippen molar-refractivity contribution in [3.05, 3.63) is 65.4 Å². The molecule has 0 spiro atoms. The number of carbonyl (C=O) groups excluding carboxylic acids is 1. The Balaban J connectivity index is 1.88. The zero-order valence-corrected chi connectivity index (χ0v) is 15.3. The largest absolute Gasteiger partial charge is 0.508 e. The molecule has 0 radical (unpaired) electrons. The van der Waals surface area contributed by atoms with Crippen molar-refractivity contribution in [3.63, 3.8) is 0 Å². The normalized spacial score (nSPS) is 15.9. The first-order valence-corrected chi connectivity index (χ1v) is 8.96. The van der Waals surface area contributed by atoms with Crippen molar-refractivity contribution in [2.45, 2.75) is 19.4 Å². The van der Waals surface area contributed by atoms with Crippen LogP contribution in [0.25, 0.3) is 11.3 Å². The van der Waals surface area contributed by atoms with E-state index in [1.165, 1.54) is 0 Å². The SMILES string of the molecule is CCCN1C(=O)c2[nH]nc(-c3cccc(OC)c3)c2[C@H]1c1ccc(O)cc1. The average Bonchev–Trinajstić information content (AvgIpc) is 3.23. The Kier molecular flexibility index (Phi) is 4.32. The molecule has 1 aliphatic heterocycles. The highest BCUT2D eigenvalue weighted by Gasteiger charge is 2.41. The lowest BCUT2D eigenvalue weighted by atomic mass is 9.96. The Morgan fingerprint density at radius 3 is 2.70 bits per heavy atom. The van der Waals surface area contributed by atoms with Gasteiger partial charge in [-0.05, 0) is 36.2 Å². The summed E-state index contributed by atoms with van der Waals surface area (Å²) in [7, 11) is 1.62. The van der Waals surface area contributed by atoms with Gasteiger partial charge in [0.05, 0.1) is 18.8 Å². The number of rotatable bonds is 5. The third kappa shape index (κ3) is 2.83. The molecule has 27 heavy (non-hydrogen) atoms. The first-order chi connectivity index (χ1) is 13.1. The van der Waals surface area contributed by atoms with Gasteiger partial charge in [-0.2, -0.15) is 5.10 Å². The summed E-state index contributed by atoms with van der Waals surface area (Å²) in [6.07, 6.45) is 0.854. The van der Waals surface area contributed by atoms with Gasteiger partial charge in [-0.15, -0.1) is 0 Å². The van der Waals surface area contributed by atoms with E-state index in [-0.39, 0.29) is 17.7 Å². The number of hydrogen-bond donors (Lipinski definition) is 2. The van der Waals surface area contributed by atoms with Crippen LogP contribution in [0.5, 0.6) is 11.5 Å². The van der Waals surface area contributed by atoms with Gasteiger partial charge in [0.25, 0.3) is 5.91 Å². The standard InChI is InChI=1S/C21H21N3O3/c1-3-11-24-20(13-7-9-15(25)10-8-13)17-18(22-23-19(17)21(24)26)14-5-4-6-16(12-14)27-2/h4-10,12,20,25H,3,11H2,1-2H3,(H,22,23)/t20-/m1/s1. The maximum Gasteiger partial charge on any atom is 0.273 e. The van der Waals surface area contributed by atoms with Crippen molar-refractivity contribution in [1.29, 1.82) is 0 Å². The Labute approximate surface area is 157 Å². The summed E-state index contributed by atoms with van der Waals surface area (Å²) in [6.45, 7) is 2.69. The van der Waals surface area contributed by atoms with E-state index in [4.69, 9.17) is 4.74 Å². The maximum absolute atomic E-state index is 13.0. The van der Waals surface area contributed by atoms with Crippen molar-refractivity contribution in [3.8, 4) is 22.8 Å². The number of nitrogens with zero attached hydrogens (tertiary/aromatic N) is 2. The van der Waals surface area contributed by atoms with Gasteiger partial charge in [0.1, 0.15) is 17.2 Å². The third-order valence-electron chi connectivity index (χ3n) is 4.88. The zero-order valence-electron chi connectivity index (χ0n) is 15.3. The van der Waals surface area contributed by atoms with E-state index in [0.29, 0.717) is 12.2 Å². The number of carbonyl (C=O) groups is 1. The predicted molar refractivity (Wildman–Crippen MR) is 102 cm³/mol. The summed E-state index contributed by atoms with van der Waals surface area (Å²) in [4.78, 5) is 14.8. The van der Waals surface area contributed by atoms with Crippen molar-refractivity contribution >= 4 is 5.91 Å². The summed E-state index contributed by atoms with van der Waals surface area (Å²) >= 11 is 0. The van der Waals surface area contributed by atoms with Gasteiger partial charge in [-0.3, -0.25) is 9.89 Å². The number of phenols is 1. The molecule has 0 aliphatic carbocycles. The second kappa shape index (κ2) is 6.79. The lowest BCUT2D eigenvalue weighted by Gasteiger charge is -2.26. The number of phenolic OH excluding ortho intramolecular Hbond substituents is 1. The molecule has 2 heterocycles. The van der Waals surface area contributed by atoms with Gasteiger partial charge in [-0.1, -0.05) is 31.2 Å². The van der Waals surface area contributed by atoms with Crippen molar-refractivity contribution < 1.29 is 14.6 Å². The van der Waals surface area contributed by atoms with Gasteiger partial charge in [0.2, 0.25) is 0 Å². The van der Waals surface area contributed by atoms with Crippen molar-refractivity contribution in [1.82, 2.24) is 15.1 Å². The molecular weight excluding hydrogens is 342 g/mol.